The van der Waals surface area contributed by atoms with Gasteiger partial charge < -0.3 is 9.64 Å². The zero-order valence-corrected chi connectivity index (χ0v) is 13.4. The fraction of sp³-hybridized carbons (Fsp3) is 0.333. The van der Waals surface area contributed by atoms with Gasteiger partial charge in [-0.05, 0) is 24.6 Å². The number of rotatable bonds is 6. The van der Waals surface area contributed by atoms with Crippen LogP contribution in [0.15, 0.2) is 40.5 Å². The SMILES string of the molecule is CCOC(=O)/C(=C/N(C)C)C(=O)Cc1ccc(Br)cc1. The maximum absolute atomic E-state index is 12.2. The highest BCUT2D eigenvalue weighted by atomic mass is 79.9. The van der Waals surface area contributed by atoms with Gasteiger partial charge in [0.25, 0.3) is 0 Å². The smallest absolute Gasteiger partial charge is 0.343 e. The molecule has 0 aliphatic heterocycles. The molecule has 0 atom stereocenters. The zero-order valence-electron chi connectivity index (χ0n) is 11.9. The van der Waals surface area contributed by atoms with E-state index >= 15 is 0 Å². The molecule has 0 unspecified atom stereocenters. The van der Waals surface area contributed by atoms with E-state index in [1.54, 1.807) is 25.9 Å². The van der Waals surface area contributed by atoms with Crippen LogP contribution < -0.4 is 0 Å². The number of nitrogens with zero attached hydrogens (tertiary/aromatic N) is 1. The molecule has 108 valence electrons. The molecule has 0 saturated heterocycles. The fourth-order valence-electron chi connectivity index (χ4n) is 1.59. The van der Waals surface area contributed by atoms with Gasteiger partial charge in [0.1, 0.15) is 5.57 Å². The molecule has 0 aromatic heterocycles. The summed E-state index contributed by atoms with van der Waals surface area (Å²) in [6.45, 7) is 1.96. The molecule has 0 amide bonds. The third-order valence-electron chi connectivity index (χ3n) is 2.46. The Balaban J connectivity index is 2.88. The van der Waals surface area contributed by atoms with Crippen LogP contribution in [0.1, 0.15) is 12.5 Å². The number of esters is 1. The molecule has 0 fully saturated rings. The molecule has 0 aliphatic carbocycles. The summed E-state index contributed by atoms with van der Waals surface area (Å²) in [4.78, 5) is 25.7. The number of Topliss-reactive ketones (excluding diaryl/α,β-unsaturated/α-hetero) is 1. The lowest BCUT2D eigenvalue weighted by atomic mass is 10.0. The lowest BCUT2D eigenvalue weighted by molar-refractivity contribution is -0.140. The highest BCUT2D eigenvalue weighted by Gasteiger charge is 2.20. The Labute approximate surface area is 127 Å². The molecule has 0 N–H and O–H groups in total. The molecule has 0 saturated carbocycles. The molecule has 0 spiro atoms. The van der Waals surface area contributed by atoms with E-state index in [2.05, 4.69) is 15.9 Å². The Morgan fingerprint density at radius 1 is 1.25 bits per heavy atom. The summed E-state index contributed by atoms with van der Waals surface area (Å²) in [7, 11) is 3.51. The normalized spacial score (nSPS) is 11.1. The summed E-state index contributed by atoms with van der Waals surface area (Å²) in [6, 6.07) is 7.42. The fourth-order valence-corrected chi connectivity index (χ4v) is 1.85. The van der Waals surface area contributed by atoms with E-state index in [-0.39, 0.29) is 24.4 Å². The number of ether oxygens (including phenoxy) is 1. The molecule has 4 nitrogen and oxygen atoms in total. The lowest BCUT2D eigenvalue weighted by Gasteiger charge is -2.10. The number of carbonyl (C=O) groups excluding carboxylic acids is 2. The second-order valence-electron chi connectivity index (χ2n) is 4.45. The lowest BCUT2D eigenvalue weighted by Crippen LogP contribution is -2.20. The predicted molar refractivity (Wildman–Crippen MR) is 81.3 cm³/mol. The highest BCUT2D eigenvalue weighted by molar-refractivity contribution is 9.10. The maximum atomic E-state index is 12.2. The van der Waals surface area contributed by atoms with E-state index in [0.717, 1.165) is 10.0 Å². The molecule has 1 aromatic rings. The van der Waals surface area contributed by atoms with Crippen molar-refractivity contribution >= 4 is 27.7 Å². The van der Waals surface area contributed by atoms with E-state index in [9.17, 15) is 9.59 Å². The summed E-state index contributed by atoms with van der Waals surface area (Å²) in [6.07, 6.45) is 1.67. The average molecular weight is 340 g/mol. The summed E-state index contributed by atoms with van der Waals surface area (Å²) in [5.74, 6) is -0.831. The Morgan fingerprint density at radius 2 is 1.85 bits per heavy atom. The minimum absolute atomic E-state index is 0.0692. The number of hydrogen-bond acceptors (Lipinski definition) is 4. The molecule has 5 heteroatoms. The molecule has 1 aromatic carbocycles. The Kier molecular flexibility index (Phi) is 6.45. The predicted octanol–water partition coefficient (Wildman–Crippen LogP) is 2.57. The van der Waals surface area contributed by atoms with Gasteiger partial charge in [-0.2, -0.15) is 0 Å². The van der Waals surface area contributed by atoms with Crippen molar-refractivity contribution in [3.8, 4) is 0 Å². The topological polar surface area (TPSA) is 46.6 Å². The zero-order chi connectivity index (χ0) is 15.1. The second-order valence-corrected chi connectivity index (χ2v) is 5.37. The Morgan fingerprint density at radius 3 is 2.35 bits per heavy atom. The van der Waals surface area contributed by atoms with Crippen LogP contribution in [0.3, 0.4) is 0 Å². The summed E-state index contributed by atoms with van der Waals surface area (Å²) < 4.78 is 5.87. The van der Waals surface area contributed by atoms with E-state index in [1.807, 2.05) is 24.3 Å². The van der Waals surface area contributed by atoms with E-state index < -0.39 is 5.97 Å². The molecule has 0 radical (unpaired) electrons. The van der Waals surface area contributed by atoms with Gasteiger partial charge in [-0.3, -0.25) is 4.79 Å². The van der Waals surface area contributed by atoms with Gasteiger partial charge >= 0.3 is 5.97 Å². The quantitative estimate of drug-likeness (QED) is 0.346. The van der Waals surface area contributed by atoms with Crippen LogP contribution in [0, 0.1) is 0 Å². The maximum Gasteiger partial charge on any atom is 0.343 e. The second kappa shape index (κ2) is 7.85. The van der Waals surface area contributed by atoms with Gasteiger partial charge in [0.15, 0.2) is 5.78 Å². The van der Waals surface area contributed by atoms with E-state index in [4.69, 9.17) is 4.74 Å². The summed E-state index contributed by atoms with van der Waals surface area (Å²) in [5.41, 5.74) is 0.923. The van der Waals surface area contributed by atoms with Crippen LogP contribution in [0.4, 0.5) is 0 Å². The standard InChI is InChI=1S/C15H18BrNO3/c1-4-20-15(19)13(10-17(2)3)14(18)9-11-5-7-12(16)8-6-11/h5-8,10H,4,9H2,1-3H3/b13-10+. The number of hydrogen-bond donors (Lipinski definition) is 0. The Bertz CT molecular complexity index is 506. The monoisotopic (exact) mass is 339 g/mol. The first-order chi connectivity index (χ1) is 9.43. The van der Waals surface area contributed by atoms with Crippen molar-refractivity contribution in [2.75, 3.05) is 20.7 Å². The van der Waals surface area contributed by atoms with Crippen molar-refractivity contribution in [1.82, 2.24) is 4.90 Å². The van der Waals surface area contributed by atoms with Crippen molar-refractivity contribution in [2.45, 2.75) is 13.3 Å². The molecule has 20 heavy (non-hydrogen) atoms. The van der Waals surface area contributed by atoms with Gasteiger partial charge in [0.2, 0.25) is 0 Å². The number of ketones is 1. The van der Waals surface area contributed by atoms with Crippen molar-refractivity contribution in [3.63, 3.8) is 0 Å². The van der Waals surface area contributed by atoms with Crippen molar-refractivity contribution in [2.24, 2.45) is 0 Å². The third kappa shape index (κ3) is 5.17. The minimum atomic E-state index is -0.580. The van der Waals surface area contributed by atoms with Crippen LogP contribution in [0.5, 0.6) is 0 Å². The van der Waals surface area contributed by atoms with Gasteiger partial charge in [0, 0.05) is 31.2 Å². The number of benzene rings is 1. The average Bonchev–Trinajstić information content (AvgIpc) is 2.38. The highest BCUT2D eigenvalue weighted by Crippen LogP contribution is 2.13. The molecule has 0 bridgehead atoms. The van der Waals surface area contributed by atoms with Gasteiger partial charge in [-0.1, -0.05) is 28.1 Å². The van der Waals surface area contributed by atoms with Crippen LogP contribution in [0.2, 0.25) is 0 Å². The molecule has 0 heterocycles. The number of carbonyl (C=O) groups is 2. The first-order valence-corrected chi connectivity index (χ1v) is 7.06. The van der Waals surface area contributed by atoms with Gasteiger partial charge in [0.05, 0.1) is 6.61 Å². The molecular weight excluding hydrogens is 322 g/mol. The largest absolute Gasteiger partial charge is 0.462 e. The van der Waals surface area contributed by atoms with Crippen molar-refractivity contribution in [1.29, 1.82) is 0 Å². The Hall–Kier alpha value is -1.62. The van der Waals surface area contributed by atoms with Crippen LogP contribution in [-0.2, 0) is 20.7 Å². The van der Waals surface area contributed by atoms with E-state index in [1.165, 1.54) is 6.20 Å². The number of halogens is 1. The summed E-state index contributed by atoms with van der Waals surface area (Å²) in [5, 5.41) is 0. The first-order valence-electron chi connectivity index (χ1n) is 6.27. The minimum Gasteiger partial charge on any atom is -0.462 e. The third-order valence-corrected chi connectivity index (χ3v) is 2.99. The van der Waals surface area contributed by atoms with Crippen molar-refractivity contribution in [3.05, 3.63) is 46.1 Å². The van der Waals surface area contributed by atoms with Crippen molar-refractivity contribution < 1.29 is 14.3 Å². The first kappa shape index (κ1) is 16.4. The molecular formula is C15H18BrNO3. The van der Waals surface area contributed by atoms with Gasteiger partial charge in [-0.15, -0.1) is 0 Å². The molecule has 1 rings (SSSR count). The van der Waals surface area contributed by atoms with E-state index in [0.29, 0.717) is 0 Å². The van der Waals surface area contributed by atoms with Crippen LogP contribution >= 0.6 is 15.9 Å². The van der Waals surface area contributed by atoms with Crippen LogP contribution in [-0.4, -0.2) is 37.4 Å². The summed E-state index contributed by atoms with van der Waals surface area (Å²) >= 11 is 3.34. The molecule has 0 aliphatic rings. The van der Waals surface area contributed by atoms with Gasteiger partial charge in [-0.25, -0.2) is 4.79 Å². The van der Waals surface area contributed by atoms with Crippen LogP contribution in [0.25, 0.3) is 0 Å².